The van der Waals surface area contributed by atoms with Crippen molar-refractivity contribution in [3.8, 4) is 0 Å². The van der Waals surface area contributed by atoms with Gasteiger partial charge >= 0.3 is 0 Å². The van der Waals surface area contributed by atoms with Crippen molar-refractivity contribution in [2.24, 2.45) is 5.73 Å². The van der Waals surface area contributed by atoms with Gasteiger partial charge in [0, 0.05) is 4.88 Å². The van der Waals surface area contributed by atoms with Crippen LogP contribution >= 0.6 is 11.3 Å². The van der Waals surface area contributed by atoms with Crippen molar-refractivity contribution < 1.29 is 0 Å². The number of thiophene rings is 1. The van der Waals surface area contributed by atoms with Gasteiger partial charge < -0.3 is 5.73 Å². The maximum Gasteiger partial charge on any atom is 0.0299 e. The van der Waals surface area contributed by atoms with E-state index in [0.717, 1.165) is 19.4 Å². The van der Waals surface area contributed by atoms with E-state index < -0.39 is 0 Å². The molecule has 0 radical (unpaired) electrons. The van der Waals surface area contributed by atoms with Crippen molar-refractivity contribution in [1.82, 2.24) is 0 Å². The minimum atomic E-state index is 0.745. The summed E-state index contributed by atoms with van der Waals surface area (Å²) in [5.41, 5.74) is 6.87. The lowest BCUT2D eigenvalue weighted by Crippen LogP contribution is -1.96. The molecule has 0 atom stereocenters. The van der Waals surface area contributed by atoms with E-state index in [-0.39, 0.29) is 0 Å². The Bertz CT molecular complexity index is 236. The lowest BCUT2D eigenvalue weighted by molar-refractivity contribution is 1.00. The van der Waals surface area contributed by atoms with Gasteiger partial charge in [0.05, 0.1) is 0 Å². The third-order valence-corrected chi connectivity index (χ3v) is 2.72. The first-order valence-electron chi connectivity index (χ1n) is 4.31. The second-order valence-electron chi connectivity index (χ2n) is 2.64. The van der Waals surface area contributed by atoms with Crippen LogP contribution in [0.2, 0.25) is 0 Å². The van der Waals surface area contributed by atoms with E-state index in [9.17, 15) is 0 Å². The normalized spacial score (nSPS) is 12.0. The highest BCUT2D eigenvalue weighted by atomic mass is 32.1. The van der Waals surface area contributed by atoms with E-state index in [4.69, 9.17) is 5.73 Å². The summed E-state index contributed by atoms with van der Waals surface area (Å²) < 4.78 is 0. The topological polar surface area (TPSA) is 26.0 Å². The standard InChI is InChI=1S/C10H15NS/c1-2-9(5-3-7-11)10-6-4-8-12-10/h4-6,8H,2-3,7,11H2,1H3. The first kappa shape index (κ1) is 9.49. The van der Waals surface area contributed by atoms with Crippen LogP contribution in [0.25, 0.3) is 5.57 Å². The van der Waals surface area contributed by atoms with Gasteiger partial charge in [-0.15, -0.1) is 11.3 Å². The Hall–Kier alpha value is -0.600. The molecular weight excluding hydrogens is 166 g/mol. The molecule has 0 fully saturated rings. The summed E-state index contributed by atoms with van der Waals surface area (Å²) in [7, 11) is 0. The second kappa shape index (κ2) is 5.12. The highest BCUT2D eigenvalue weighted by Gasteiger charge is 1.97. The van der Waals surface area contributed by atoms with Crippen LogP contribution < -0.4 is 5.73 Å². The summed E-state index contributed by atoms with van der Waals surface area (Å²) in [4.78, 5) is 1.38. The Morgan fingerprint density at radius 2 is 2.50 bits per heavy atom. The predicted molar refractivity (Wildman–Crippen MR) is 56.3 cm³/mol. The molecule has 0 amide bonds. The largest absolute Gasteiger partial charge is 0.330 e. The molecule has 0 saturated carbocycles. The van der Waals surface area contributed by atoms with Crippen molar-refractivity contribution in [2.45, 2.75) is 19.8 Å². The summed E-state index contributed by atoms with van der Waals surface area (Å²) in [5.74, 6) is 0. The predicted octanol–water partition coefficient (Wildman–Crippen LogP) is 2.89. The molecule has 0 bridgehead atoms. The zero-order valence-electron chi connectivity index (χ0n) is 7.42. The zero-order valence-corrected chi connectivity index (χ0v) is 8.23. The van der Waals surface area contributed by atoms with Gasteiger partial charge in [-0.25, -0.2) is 0 Å². The van der Waals surface area contributed by atoms with Crippen LogP contribution in [0.3, 0.4) is 0 Å². The van der Waals surface area contributed by atoms with E-state index >= 15 is 0 Å². The molecule has 0 spiro atoms. The summed E-state index contributed by atoms with van der Waals surface area (Å²) in [5, 5.41) is 2.11. The molecule has 1 heterocycles. The van der Waals surface area contributed by atoms with Crippen molar-refractivity contribution in [3.63, 3.8) is 0 Å². The lowest BCUT2D eigenvalue weighted by Gasteiger charge is -1.99. The Morgan fingerprint density at radius 3 is 3.00 bits per heavy atom. The first-order chi connectivity index (χ1) is 5.88. The molecule has 0 aromatic carbocycles. The Kier molecular flexibility index (Phi) is 4.05. The van der Waals surface area contributed by atoms with Gasteiger partial charge in [-0.2, -0.15) is 0 Å². The maximum atomic E-state index is 5.44. The number of hydrogen-bond acceptors (Lipinski definition) is 2. The van der Waals surface area contributed by atoms with E-state index in [1.165, 1.54) is 10.5 Å². The molecule has 0 saturated heterocycles. The minimum absolute atomic E-state index is 0.745. The molecule has 0 aliphatic carbocycles. The molecule has 0 aliphatic heterocycles. The lowest BCUT2D eigenvalue weighted by atomic mass is 10.1. The fraction of sp³-hybridized carbons (Fsp3) is 0.400. The van der Waals surface area contributed by atoms with Crippen LogP contribution in [0.15, 0.2) is 23.6 Å². The molecule has 2 heteroatoms. The van der Waals surface area contributed by atoms with Crippen LogP contribution in [-0.4, -0.2) is 6.54 Å². The first-order valence-corrected chi connectivity index (χ1v) is 5.19. The van der Waals surface area contributed by atoms with Crippen molar-refractivity contribution in [1.29, 1.82) is 0 Å². The molecule has 1 aromatic heterocycles. The number of rotatable bonds is 4. The van der Waals surface area contributed by atoms with Gasteiger partial charge in [-0.1, -0.05) is 19.1 Å². The van der Waals surface area contributed by atoms with Crippen LogP contribution in [0.1, 0.15) is 24.6 Å². The molecule has 66 valence electrons. The van der Waals surface area contributed by atoms with Crippen molar-refractivity contribution in [3.05, 3.63) is 28.5 Å². The quantitative estimate of drug-likeness (QED) is 0.759. The Labute approximate surface area is 77.9 Å². The van der Waals surface area contributed by atoms with Gasteiger partial charge in [-0.3, -0.25) is 0 Å². The van der Waals surface area contributed by atoms with Gasteiger partial charge in [0.15, 0.2) is 0 Å². The fourth-order valence-electron chi connectivity index (χ4n) is 1.14. The third kappa shape index (κ3) is 2.47. The monoisotopic (exact) mass is 181 g/mol. The third-order valence-electron chi connectivity index (χ3n) is 1.78. The maximum absolute atomic E-state index is 5.44. The summed E-state index contributed by atoms with van der Waals surface area (Å²) in [6, 6.07) is 4.25. The number of hydrogen-bond donors (Lipinski definition) is 1. The number of nitrogens with two attached hydrogens (primary N) is 1. The molecule has 2 N–H and O–H groups in total. The van der Waals surface area contributed by atoms with Gasteiger partial charge in [-0.05, 0) is 36.4 Å². The van der Waals surface area contributed by atoms with Crippen LogP contribution in [0.4, 0.5) is 0 Å². The van der Waals surface area contributed by atoms with Crippen LogP contribution in [0, 0.1) is 0 Å². The van der Waals surface area contributed by atoms with E-state index in [2.05, 4.69) is 30.5 Å². The van der Waals surface area contributed by atoms with Gasteiger partial charge in [0.2, 0.25) is 0 Å². The Balaban J connectivity index is 2.69. The number of allylic oxidation sites excluding steroid dienone is 1. The molecule has 1 nitrogen and oxygen atoms in total. The molecule has 1 aromatic rings. The average Bonchev–Trinajstić information content (AvgIpc) is 2.59. The van der Waals surface area contributed by atoms with Crippen LogP contribution in [-0.2, 0) is 0 Å². The van der Waals surface area contributed by atoms with E-state index in [1.807, 2.05) is 0 Å². The van der Waals surface area contributed by atoms with Gasteiger partial charge in [0.25, 0.3) is 0 Å². The summed E-state index contributed by atoms with van der Waals surface area (Å²) in [6.45, 7) is 2.93. The van der Waals surface area contributed by atoms with Gasteiger partial charge in [0.1, 0.15) is 0 Å². The van der Waals surface area contributed by atoms with Crippen molar-refractivity contribution in [2.75, 3.05) is 6.54 Å². The second-order valence-corrected chi connectivity index (χ2v) is 3.59. The highest BCUT2D eigenvalue weighted by molar-refractivity contribution is 7.11. The zero-order chi connectivity index (χ0) is 8.81. The molecule has 0 aliphatic rings. The fourth-order valence-corrected chi connectivity index (χ4v) is 1.98. The Morgan fingerprint density at radius 1 is 1.67 bits per heavy atom. The van der Waals surface area contributed by atoms with Crippen LogP contribution in [0.5, 0.6) is 0 Å². The molecule has 1 rings (SSSR count). The molecule has 12 heavy (non-hydrogen) atoms. The summed E-state index contributed by atoms with van der Waals surface area (Å²) >= 11 is 1.80. The molecule has 0 unspecified atom stereocenters. The average molecular weight is 181 g/mol. The smallest absolute Gasteiger partial charge is 0.0299 e. The highest BCUT2D eigenvalue weighted by Crippen LogP contribution is 2.22. The van der Waals surface area contributed by atoms with E-state index in [0.29, 0.717) is 0 Å². The molecular formula is C10H15NS. The van der Waals surface area contributed by atoms with E-state index in [1.54, 1.807) is 11.3 Å². The summed E-state index contributed by atoms with van der Waals surface area (Å²) in [6.07, 6.45) is 4.33. The SMILES string of the molecule is CCC(=CCCN)c1cccs1. The van der Waals surface area contributed by atoms with Crippen molar-refractivity contribution >= 4 is 16.9 Å². The minimum Gasteiger partial charge on any atom is -0.330 e.